The van der Waals surface area contributed by atoms with Crippen molar-refractivity contribution in [3.05, 3.63) is 22.7 Å². The van der Waals surface area contributed by atoms with E-state index in [4.69, 9.17) is 25.8 Å². The van der Waals surface area contributed by atoms with Crippen molar-refractivity contribution in [2.75, 3.05) is 34.0 Å². The van der Waals surface area contributed by atoms with E-state index in [1.54, 1.807) is 20.3 Å². The fourth-order valence-corrected chi connectivity index (χ4v) is 1.48. The molecule has 1 heterocycles. The van der Waals surface area contributed by atoms with E-state index in [2.05, 4.69) is 9.97 Å². The summed E-state index contributed by atoms with van der Waals surface area (Å²) in [5, 5.41) is 0.430. The third-order valence-corrected chi connectivity index (χ3v) is 2.18. The molecule has 0 atom stereocenters. The summed E-state index contributed by atoms with van der Waals surface area (Å²) < 4.78 is 15.2. The van der Waals surface area contributed by atoms with Gasteiger partial charge in [0.15, 0.2) is 0 Å². The maximum Gasteiger partial charge on any atom is 0.133 e. The molecule has 0 unspecified atom stereocenters. The normalized spacial score (nSPS) is 10.8. The average molecular weight is 261 g/mol. The molecule has 1 rings (SSSR count). The number of hydrogen-bond acceptors (Lipinski definition) is 5. The highest BCUT2D eigenvalue weighted by Crippen LogP contribution is 2.08. The van der Waals surface area contributed by atoms with Crippen molar-refractivity contribution in [2.24, 2.45) is 0 Å². The molecule has 0 aliphatic heterocycles. The number of hydrogen-bond donors (Lipinski definition) is 0. The highest BCUT2D eigenvalue weighted by atomic mass is 35.5. The molecular weight excluding hydrogens is 244 g/mol. The summed E-state index contributed by atoms with van der Waals surface area (Å²) in [4.78, 5) is 8.43. The van der Waals surface area contributed by atoms with E-state index >= 15 is 0 Å². The number of ether oxygens (including phenoxy) is 3. The Balaban J connectivity index is 2.41. The van der Waals surface area contributed by atoms with Crippen LogP contribution in [0.5, 0.6) is 0 Å². The molecule has 0 aliphatic rings. The van der Waals surface area contributed by atoms with Gasteiger partial charge in [-0.2, -0.15) is 0 Å². The van der Waals surface area contributed by atoms with Crippen molar-refractivity contribution in [1.82, 2.24) is 9.97 Å². The van der Waals surface area contributed by atoms with Gasteiger partial charge < -0.3 is 14.2 Å². The Morgan fingerprint density at radius 1 is 1.12 bits per heavy atom. The monoisotopic (exact) mass is 260 g/mol. The zero-order valence-electron chi connectivity index (χ0n) is 10.1. The van der Waals surface area contributed by atoms with Crippen molar-refractivity contribution in [3.63, 3.8) is 0 Å². The molecule has 0 spiro atoms. The van der Waals surface area contributed by atoms with E-state index < -0.39 is 0 Å². The van der Waals surface area contributed by atoms with Gasteiger partial charge in [-0.1, -0.05) is 11.6 Å². The van der Waals surface area contributed by atoms with Crippen LogP contribution in [0, 0.1) is 0 Å². The summed E-state index contributed by atoms with van der Waals surface area (Å²) in [6.07, 6.45) is 0.626. The predicted molar refractivity (Wildman–Crippen MR) is 64.2 cm³/mol. The zero-order valence-corrected chi connectivity index (χ0v) is 10.9. The Hall–Kier alpha value is -0.750. The standard InChI is InChI=1S/C11H17ClN2O3/c1-15-5-6-17-4-3-11-13-9(8-16-2)7-10(12)14-11/h7H,3-6,8H2,1-2H3. The first-order valence-corrected chi connectivity index (χ1v) is 5.72. The molecule has 5 nitrogen and oxygen atoms in total. The van der Waals surface area contributed by atoms with Crippen LogP contribution in [0.1, 0.15) is 11.5 Å². The SMILES string of the molecule is COCCOCCc1nc(Cl)cc(COC)n1. The van der Waals surface area contributed by atoms with Crippen LogP contribution in [0.4, 0.5) is 0 Å². The predicted octanol–water partition coefficient (Wildman–Crippen LogP) is 1.48. The van der Waals surface area contributed by atoms with E-state index in [9.17, 15) is 0 Å². The minimum absolute atomic E-state index is 0.430. The third-order valence-electron chi connectivity index (χ3n) is 1.99. The lowest BCUT2D eigenvalue weighted by Gasteiger charge is -2.05. The van der Waals surface area contributed by atoms with Crippen LogP contribution in [0.2, 0.25) is 5.15 Å². The smallest absolute Gasteiger partial charge is 0.133 e. The lowest BCUT2D eigenvalue weighted by molar-refractivity contribution is 0.0716. The fourth-order valence-electron chi connectivity index (χ4n) is 1.26. The van der Waals surface area contributed by atoms with Gasteiger partial charge in [0.25, 0.3) is 0 Å². The fraction of sp³-hybridized carbons (Fsp3) is 0.636. The van der Waals surface area contributed by atoms with E-state index in [-0.39, 0.29) is 0 Å². The van der Waals surface area contributed by atoms with Crippen LogP contribution in [-0.4, -0.2) is 44.0 Å². The van der Waals surface area contributed by atoms with Crippen LogP contribution in [0.3, 0.4) is 0 Å². The van der Waals surface area contributed by atoms with Gasteiger partial charge in [0, 0.05) is 20.6 Å². The quantitative estimate of drug-likeness (QED) is 0.524. The molecule has 0 saturated heterocycles. The molecule has 0 aromatic carbocycles. The lowest BCUT2D eigenvalue weighted by atomic mass is 10.3. The molecule has 0 bridgehead atoms. The molecule has 0 aliphatic carbocycles. The maximum atomic E-state index is 5.88. The van der Waals surface area contributed by atoms with E-state index in [1.165, 1.54) is 0 Å². The maximum absolute atomic E-state index is 5.88. The van der Waals surface area contributed by atoms with E-state index in [0.717, 1.165) is 5.69 Å². The van der Waals surface area contributed by atoms with E-state index in [1.807, 2.05) is 0 Å². The minimum atomic E-state index is 0.430. The van der Waals surface area contributed by atoms with Crippen LogP contribution in [-0.2, 0) is 27.2 Å². The second kappa shape index (κ2) is 8.36. The van der Waals surface area contributed by atoms with E-state index in [0.29, 0.717) is 43.8 Å². The highest BCUT2D eigenvalue weighted by Gasteiger charge is 2.03. The number of rotatable bonds is 8. The molecule has 0 radical (unpaired) electrons. The Bertz CT molecular complexity index is 336. The summed E-state index contributed by atoms with van der Waals surface area (Å²) in [7, 11) is 3.25. The molecule has 6 heteroatoms. The average Bonchev–Trinajstić information content (AvgIpc) is 2.28. The van der Waals surface area contributed by atoms with Crippen LogP contribution < -0.4 is 0 Å². The lowest BCUT2D eigenvalue weighted by Crippen LogP contribution is -2.08. The van der Waals surface area contributed by atoms with Crippen molar-refractivity contribution in [1.29, 1.82) is 0 Å². The number of halogens is 1. The molecule has 0 amide bonds. The van der Waals surface area contributed by atoms with Gasteiger partial charge in [0.05, 0.1) is 32.1 Å². The molecule has 0 N–H and O–H groups in total. The first-order valence-electron chi connectivity index (χ1n) is 5.34. The molecular formula is C11H17ClN2O3. The Kier molecular flexibility index (Phi) is 7.04. The first kappa shape index (κ1) is 14.3. The van der Waals surface area contributed by atoms with Crippen molar-refractivity contribution in [3.8, 4) is 0 Å². The number of methoxy groups -OCH3 is 2. The second-order valence-electron chi connectivity index (χ2n) is 3.39. The van der Waals surface area contributed by atoms with Gasteiger partial charge in [-0.3, -0.25) is 0 Å². The first-order chi connectivity index (χ1) is 8.26. The Morgan fingerprint density at radius 3 is 2.65 bits per heavy atom. The third kappa shape index (κ3) is 5.93. The summed E-state index contributed by atoms with van der Waals surface area (Å²) >= 11 is 5.88. The summed E-state index contributed by atoms with van der Waals surface area (Å²) in [6.45, 7) is 2.14. The van der Waals surface area contributed by atoms with Gasteiger partial charge in [-0.15, -0.1) is 0 Å². The molecule has 17 heavy (non-hydrogen) atoms. The molecule has 0 saturated carbocycles. The van der Waals surface area contributed by atoms with Crippen LogP contribution in [0.15, 0.2) is 6.07 Å². The summed E-state index contributed by atoms with van der Waals surface area (Å²) in [5.41, 5.74) is 0.777. The summed E-state index contributed by atoms with van der Waals surface area (Å²) in [5.74, 6) is 0.668. The van der Waals surface area contributed by atoms with Crippen LogP contribution in [0.25, 0.3) is 0 Å². The number of nitrogens with zero attached hydrogens (tertiary/aromatic N) is 2. The zero-order chi connectivity index (χ0) is 12.5. The largest absolute Gasteiger partial charge is 0.382 e. The topological polar surface area (TPSA) is 53.5 Å². The molecule has 96 valence electrons. The molecule has 1 aromatic heterocycles. The molecule has 0 fully saturated rings. The Labute approximate surface area is 106 Å². The van der Waals surface area contributed by atoms with Crippen molar-refractivity contribution < 1.29 is 14.2 Å². The minimum Gasteiger partial charge on any atom is -0.382 e. The Morgan fingerprint density at radius 2 is 1.94 bits per heavy atom. The van der Waals surface area contributed by atoms with Gasteiger partial charge in [-0.25, -0.2) is 9.97 Å². The van der Waals surface area contributed by atoms with Gasteiger partial charge in [0.1, 0.15) is 11.0 Å². The van der Waals surface area contributed by atoms with Crippen LogP contribution >= 0.6 is 11.6 Å². The molecule has 1 aromatic rings. The van der Waals surface area contributed by atoms with Gasteiger partial charge in [0.2, 0.25) is 0 Å². The second-order valence-corrected chi connectivity index (χ2v) is 3.77. The highest BCUT2D eigenvalue weighted by molar-refractivity contribution is 6.29. The number of aromatic nitrogens is 2. The summed E-state index contributed by atoms with van der Waals surface area (Å²) in [6, 6.07) is 1.69. The van der Waals surface area contributed by atoms with Crippen molar-refractivity contribution in [2.45, 2.75) is 13.0 Å². The van der Waals surface area contributed by atoms with Crippen molar-refractivity contribution >= 4 is 11.6 Å². The van der Waals surface area contributed by atoms with Gasteiger partial charge in [-0.05, 0) is 6.07 Å². The van der Waals surface area contributed by atoms with Gasteiger partial charge >= 0.3 is 0 Å².